The number of carbonyl (C=O) groups is 1. The molecule has 0 saturated carbocycles. The van der Waals surface area contributed by atoms with Crippen molar-refractivity contribution < 1.29 is 23.7 Å². The minimum Gasteiger partial charge on any atom is -0.497 e. The lowest BCUT2D eigenvalue weighted by Crippen LogP contribution is -2.25. The van der Waals surface area contributed by atoms with Crippen molar-refractivity contribution in [3.63, 3.8) is 0 Å². The molecule has 5 rings (SSSR count). The first-order valence-electron chi connectivity index (χ1n) is 9.17. The first-order valence-corrected chi connectivity index (χ1v) is 9.17. The highest BCUT2D eigenvalue weighted by molar-refractivity contribution is 5.94. The van der Waals surface area contributed by atoms with Crippen molar-refractivity contribution >= 4 is 11.7 Å². The molecule has 0 saturated heterocycles. The van der Waals surface area contributed by atoms with Crippen molar-refractivity contribution in [1.29, 1.82) is 0 Å². The number of nitrogens with zero attached hydrogens (tertiary/aromatic N) is 2. The Morgan fingerprint density at radius 3 is 2.72 bits per heavy atom. The molecule has 0 radical (unpaired) electrons. The number of hydrogen-bond acceptors (Lipinski definition) is 6. The maximum absolute atomic E-state index is 12.5. The van der Waals surface area contributed by atoms with Crippen LogP contribution in [0.5, 0.6) is 23.0 Å². The molecule has 0 aliphatic carbocycles. The third-order valence-electron chi connectivity index (χ3n) is 5.21. The van der Waals surface area contributed by atoms with Gasteiger partial charge in [-0.3, -0.25) is 9.36 Å². The van der Waals surface area contributed by atoms with Crippen LogP contribution in [0.15, 0.2) is 42.7 Å². The van der Waals surface area contributed by atoms with E-state index in [1.807, 2.05) is 41.0 Å². The van der Waals surface area contributed by atoms with Crippen molar-refractivity contribution in [2.24, 2.45) is 0 Å². The second-order valence-electron chi connectivity index (χ2n) is 6.81. The van der Waals surface area contributed by atoms with E-state index in [0.717, 1.165) is 22.7 Å². The van der Waals surface area contributed by atoms with Gasteiger partial charge in [-0.1, -0.05) is 0 Å². The van der Waals surface area contributed by atoms with E-state index in [-0.39, 0.29) is 25.0 Å². The number of amides is 1. The fourth-order valence-corrected chi connectivity index (χ4v) is 3.77. The van der Waals surface area contributed by atoms with E-state index in [9.17, 15) is 4.79 Å². The summed E-state index contributed by atoms with van der Waals surface area (Å²) in [6.07, 6.45) is 2.00. The highest BCUT2D eigenvalue weighted by Gasteiger charge is 2.33. The van der Waals surface area contributed by atoms with Gasteiger partial charge in [-0.15, -0.1) is 0 Å². The molecule has 8 nitrogen and oxygen atoms in total. The molecule has 1 unspecified atom stereocenters. The van der Waals surface area contributed by atoms with Crippen molar-refractivity contribution in [3.05, 3.63) is 54.0 Å². The summed E-state index contributed by atoms with van der Waals surface area (Å²) < 4.78 is 23.6. The Morgan fingerprint density at radius 2 is 1.97 bits per heavy atom. The Labute approximate surface area is 167 Å². The predicted octanol–water partition coefficient (Wildman–Crippen LogP) is 3.09. The van der Waals surface area contributed by atoms with E-state index in [1.54, 1.807) is 20.5 Å². The highest BCUT2D eigenvalue weighted by atomic mass is 16.7. The van der Waals surface area contributed by atoms with E-state index < -0.39 is 0 Å². The van der Waals surface area contributed by atoms with Crippen LogP contribution in [0.3, 0.4) is 0 Å². The van der Waals surface area contributed by atoms with Gasteiger partial charge in [0.1, 0.15) is 17.9 Å². The number of imidazole rings is 1. The third-order valence-corrected chi connectivity index (χ3v) is 5.21. The molecular weight excluding hydrogens is 374 g/mol. The molecule has 148 valence electrons. The lowest BCUT2D eigenvalue weighted by Gasteiger charge is -2.24. The van der Waals surface area contributed by atoms with E-state index >= 15 is 0 Å². The molecule has 1 aromatic heterocycles. The minimum atomic E-state index is -0.221. The maximum Gasteiger partial charge on any atom is 0.231 e. The Morgan fingerprint density at radius 1 is 1.14 bits per heavy atom. The molecule has 0 bridgehead atoms. The Hall–Kier alpha value is -3.68. The van der Waals surface area contributed by atoms with Gasteiger partial charge < -0.3 is 24.3 Å². The summed E-state index contributed by atoms with van der Waals surface area (Å²) in [6.45, 7) is 0.150. The molecule has 3 heterocycles. The first-order chi connectivity index (χ1) is 14.2. The quantitative estimate of drug-likeness (QED) is 0.733. The molecular formula is C21H19N3O5. The number of nitrogens with one attached hydrogen (secondary N) is 1. The fraction of sp³-hybridized carbons (Fsp3) is 0.238. The van der Waals surface area contributed by atoms with Crippen LogP contribution in [0, 0.1) is 0 Å². The number of benzene rings is 2. The molecule has 0 fully saturated rings. The van der Waals surface area contributed by atoms with Crippen LogP contribution in [0.2, 0.25) is 0 Å². The molecule has 8 heteroatoms. The van der Waals surface area contributed by atoms with Gasteiger partial charge in [0.2, 0.25) is 18.4 Å². The van der Waals surface area contributed by atoms with Gasteiger partial charge in [0.05, 0.1) is 19.9 Å². The summed E-state index contributed by atoms with van der Waals surface area (Å²) in [5.74, 6) is 2.90. The minimum absolute atomic E-state index is 0.0746. The lowest BCUT2D eigenvalue weighted by atomic mass is 9.89. The second kappa shape index (κ2) is 6.73. The van der Waals surface area contributed by atoms with Crippen LogP contribution in [-0.2, 0) is 4.79 Å². The number of carbonyl (C=O) groups excluding carboxylic acids is 1. The van der Waals surface area contributed by atoms with Crippen LogP contribution in [0.1, 0.15) is 23.6 Å². The number of rotatable bonds is 4. The van der Waals surface area contributed by atoms with Gasteiger partial charge >= 0.3 is 0 Å². The van der Waals surface area contributed by atoms with Crippen LogP contribution >= 0.6 is 0 Å². The molecule has 29 heavy (non-hydrogen) atoms. The summed E-state index contributed by atoms with van der Waals surface area (Å²) >= 11 is 0. The number of aromatic nitrogens is 2. The highest BCUT2D eigenvalue weighted by Crippen LogP contribution is 2.46. The van der Waals surface area contributed by atoms with E-state index in [4.69, 9.17) is 18.9 Å². The zero-order valence-electron chi connectivity index (χ0n) is 16.0. The summed E-state index contributed by atoms with van der Waals surface area (Å²) in [5, 5.41) is 2.96. The number of ether oxygens (including phenoxy) is 4. The smallest absolute Gasteiger partial charge is 0.231 e. The zero-order valence-corrected chi connectivity index (χ0v) is 16.0. The standard InChI is InChI=1S/C21H19N3O5/c1-26-14-5-3-13(4-6-14)24-10-22-19-15(9-18(25)23-21(19)24)12-7-16(27-2)20-17(8-12)28-11-29-20/h3-8,10,15H,9,11H2,1-2H3,(H,23,25). The average Bonchev–Trinajstić information content (AvgIpc) is 3.39. The first kappa shape index (κ1) is 17.4. The Kier molecular flexibility index (Phi) is 4.04. The number of fused-ring (bicyclic) bond motifs is 2. The van der Waals surface area contributed by atoms with Crippen molar-refractivity contribution in [2.45, 2.75) is 12.3 Å². The normalized spacial score (nSPS) is 16.9. The molecule has 2 aliphatic rings. The van der Waals surface area contributed by atoms with E-state index in [1.165, 1.54) is 0 Å². The number of hydrogen-bond donors (Lipinski definition) is 1. The summed E-state index contributed by atoms with van der Waals surface area (Å²) in [7, 11) is 3.21. The van der Waals surface area contributed by atoms with Gasteiger partial charge in [-0.05, 0) is 42.0 Å². The molecule has 2 aromatic carbocycles. The van der Waals surface area contributed by atoms with E-state index in [2.05, 4.69) is 10.3 Å². The molecule has 0 spiro atoms. The van der Waals surface area contributed by atoms with E-state index in [0.29, 0.717) is 23.1 Å². The van der Waals surface area contributed by atoms with Gasteiger partial charge in [0.15, 0.2) is 11.5 Å². The summed E-state index contributed by atoms with van der Waals surface area (Å²) in [6, 6.07) is 11.3. The van der Waals surface area contributed by atoms with Gasteiger partial charge in [-0.2, -0.15) is 0 Å². The SMILES string of the molecule is COc1ccc(-n2cnc3c2NC(=O)CC3c2cc(OC)c3c(c2)OCO3)cc1. The number of anilines is 1. The monoisotopic (exact) mass is 393 g/mol. The van der Waals surface area contributed by atoms with Crippen LogP contribution in [0.4, 0.5) is 5.82 Å². The molecule has 1 amide bonds. The van der Waals surface area contributed by atoms with Crippen LogP contribution in [0.25, 0.3) is 5.69 Å². The van der Waals surface area contributed by atoms with Gasteiger partial charge in [0, 0.05) is 18.0 Å². The van der Waals surface area contributed by atoms with Crippen molar-refractivity contribution in [2.75, 3.05) is 26.3 Å². The zero-order chi connectivity index (χ0) is 20.0. The Bertz CT molecular complexity index is 1090. The predicted molar refractivity (Wildman–Crippen MR) is 104 cm³/mol. The van der Waals surface area contributed by atoms with Crippen LogP contribution < -0.4 is 24.3 Å². The summed E-state index contributed by atoms with van der Waals surface area (Å²) in [4.78, 5) is 17.1. The van der Waals surface area contributed by atoms with Gasteiger partial charge in [0.25, 0.3) is 0 Å². The average molecular weight is 393 g/mol. The molecule has 1 atom stereocenters. The third kappa shape index (κ3) is 2.84. The fourth-order valence-electron chi connectivity index (χ4n) is 3.77. The van der Waals surface area contributed by atoms with Gasteiger partial charge in [-0.25, -0.2) is 4.98 Å². The number of methoxy groups -OCH3 is 2. The molecule has 3 aromatic rings. The van der Waals surface area contributed by atoms with Crippen LogP contribution in [-0.4, -0.2) is 36.5 Å². The maximum atomic E-state index is 12.5. The molecule has 1 N–H and O–H groups in total. The molecule has 2 aliphatic heterocycles. The van der Waals surface area contributed by atoms with Crippen molar-refractivity contribution in [3.8, 4) is 28.7 Å². The topological polar surface area (TPSA) is 83.8 Å². The lowest BCUT2D eigenvalue weighted by molar-refractivity contribution is -0.116. The summed E-state index contributed by atoms with van der Waals surface area (Å²) in [5.41, 5.74) is 2.56. The Balaban J connectivity index is 1.58. The largest absolute Gasteiger partial charge is 0.497 e. The second-order valence-corrected chi connectivity index (χ2v) is 6.81. The van der Waals surface area contributed by atoms with Crippen molar-refractivity contribution in [1.82, 2.24) is 9.55 Å².